The zero-order chi connectivity index (χ0) is 9.35. The van der Waals surface area contributed by atoms with Gasteiger partial charge in [-0.3, -0.25) is 0 Å². The molecule has 0 aliphatic carbocycles. The molecule has 0 N–H and O–H groups in total. The highest BCUT2D eigenvalue weighted by atomic mass is 35.5. The van der Waals surface area contributed by atoms with Crippen LogP contribution in [0.5, 0.6) is 0 Å². The Morgan fingerprint density at radius 3 is 2.42 bits per heavy atom. The van der Waals surface area contributed by atoms with Gasteiger partial charge in [0, 0.05) is 13.5 Å². The van der Waals surface area contributed by atoms with E-state index in [2.05, 4.69) is 25.8 Å². The lowest BCUT2D eigenvalue weighted by atomic mass is 9.92. The van der Waals surface area contributed by atoms with Crippen LogP contribution in [0.15, 0.2) is 6.20 Å². The highest BCUT2D eigenvalue weighted by molar-refractivity contribution is 6.29. The third-order valence-electron chi connectivity index (χ3n) is 1.72. The second-order valence-electron chi connectivity index (χ2n) is 4.29. The lowest BCUT2D eigenvalue weighted by molar-refractivity contribution is 0.395. The molecule has 1 heterocycles. The third kappa shape index (κ3) is 2.24. The molecule has 0 amide bonds. The van der Waals surface area contributed by atoms with Crippen molar-refractivity contribution >= 4 is 11.6 Å². The van der Waals surface area contributed by atoms with Gasteiger partial charge in [-0.1, -0.05) is 32.4 Å². The fourth-order valence-corrected chi connectivity index (χ4v) is 1.21. The van der Waals surface area contributed by atoms with Crippen molar-refractivity contribution in [2.75, 3.05) is 0 Å². The molecule has 1 aromatic heterocycles. The van der Waals surface area contributed by atoms with Crippen LogP contribution in [-0.2, 0) is 13.5 Å². The smallest absolute Gasteiger partial charge is 0.128 e. The van der Waals surface area contributed by atoms with Gasteiger partial charge in [-0.25, -0.2) is 4.98 Å². The second-order valence-corrected chi connectivity index (χ2v) is 4.68. The van der Waals surface area contributed by atoms with E-state index in [1.165, 1.54) is 0 Å². The summed E-state index contributed by atoms with van der Waals surface area (Å²) in [6, 6.07) is 0. The van der Waals surface area contributed by atoms with Gasteiger partial charge in [-0.2, -0.15) is 0 Å². The Kier molecular flexibility index (Phi) is 2.47. The maximum Gasteiger partial charge on any atom is 0.128 e. The Hall–Kier alpha value is -0.500. The largest absolute Gasteiger partial charge is 0.322 e. The number of hydrogen-bond donors (Lipinski definition) is 0. The Morgan fingerprint density at radius 1 is 1.50 bits per heavy atom. The van der Waals surface area contributed by atoms with Crippen LogP contribution in [0, 0.1) is 5.41 Å². The molecule has 0 fully saturated rings. The van der Waals surface area contributed by atoms with E-state index < -0.39 is 0 Å². The van der Waals surface area contributed by atoms with Crippen molar-refractivity contribution in [2.24, 2.45) is 12.5 Å². The molecule has 68 valence electrons. The van der Waals surface area contributed by atoms with Crippen molar-refractivity contribution in [1.29, 1.82) is 0 Å². The molecule has 3 heteroatoms. The Balaban J connectivity index is 2.83. The summed E-state index contributed by atoms with van der Waals surface area (Å²) >= 11 is 5.86. The summed E-state index contributed by atoms with van der Waals surface area (Å²) in [5.41, 5.74) is 0.266. The molecule has 1 aromatic rings. The van der Waals surface area contributed by atoms with Crippen LogP contribution in [0.25, 0.3) is 0 Å². The molecule has 2 nitrogen and oxygen atoms in total. The van der Waals surface area contributed by atoms with Gasteiger partial charge in [-0.05, 0) is 5.41 Å². The van der Waals surface area contributed by atoms with E-state index >= 15 is 0 Å². The molecule has 12 heavy (non-hydrogen) atoms. The molecule has 0 saturated carbocycles. The topological polar surface area (TPSA) is 17.8 Å². The van der Waals surface area contributed by atoms with Crippen LogP contribution in [0.3, 0.4) is 0 Å². The van der Waals surface area contributed by atoms with Crippen molar-refractivity contribution in [3.05, 3.63) is 17.2 Å². The average Bonchev–Trinajstić information content (AvgIpc) is 2.16. The van der Waals surface area contributed by atoms with Crippen molar-refractivity contribution in [2.45, 2.75) is 27.2 Å². The average molecular weight is 187 g/mol. The minimum Gasteiger partial charge on any atom is -0.322 e. The first-order valence-corrected chi connectivity index (χ1v) is 4.44. The van der Waals surface area contributed by atoms with E-state index in [4.69, 9.17) is 11.6 Å². The first kappa shape index (κ1) is 9.59. The summed E-state index contributed by atoms with van der Waals surface area (Å²) < 4.78 is 1.92. The van der Waals surface area contributed by atoms with E-state index in [1.807, 2.05) is 11.6 Å². The van der Waals surface area contributed by atoms with Crippen LogP contribution in [-0.4, -0.2) is 9.55 Å². The molecule has 0 aromatic carbocycles. The van der Waals surface area contributed by atoms with Crippen LogP contribution < -0.4 is 0 Å². The molecule has 0 unspecified atom stereocenters. The SMILES string of the molecule is Cn1c(Cl)cnc1CC(C)(C)C. The van der Waals surface area contributed by atoms with Gasteiger partial charge in [0.2, 0.25) is 0 Å². The van der Waals surface area contributed by atoms with Crippen molar-refractivity contribution in [1.82, 2.24) is 9.55 Å². The molecule has 0 atom stereocenters. The predicted octanol–water partition coefficient (Wildman–Crippen LogP) is 2.66. The Labute approximate surface area is 78.6 Å². The molecule has 0 radical (unpaired) electrons. The van der Waals surface area contributed by atoms with E-state index in [9.17, 15) is 0 Å². The lowest BCUT2D eigenvalue weighted by Gasteiger charge is -2.17. The molecule has 0 bridgehead atoms. The van der Waals surface area contributed by atoms with Crippen LogP contribution in [0.1, 0.15) is 26.6 Å². The van der Waals surface area contributed by atoms with Crippen molar-refractivity contribution in [3.63, 3.8) is 0 Å². The van der Waals surface area contributed by atoms with Gasteiger partial charge in [0.25, 0.3) is 0 Å². The number of hydrogen-bond acceptors (Lipinski definition) is 1. The normalized spacial score (nSPS) is 12.1. The lowest BCUT2D eigenvalue weighted by Crippen LogP contribution is -2.13. The number of nitrogens with zero attached hydrogens (tertiary/aromatic N) is 2. The quantitative estimate of drug-likeness (QED) is 0.660. The summed E-state index contributed by atoms with van der Waals surface area (Å²) in [5, 5.41) is 0.703. The fourth-order valence-electron chi connectivity index (χ4n) is 1.06. The minimum absolute atomic E-state index is 0.266. The summed E-state index contributed by atoms with van der Waals surface area (Å²) in [6.07, 6.45) is 2.65. The Bertz CT molecular complexity index is 271. The Morgan fingerprint density at radius 2 is 2.08 bits per heavy atom. The van der Waals surface area contributed by atoms with Gasteiger partial charge in [0.05, 0.1) is 6.20 Å². The van der Waals surface area contributed by atoms with E-state index in [1.54, 1.807) is 6.20 Å². The monoisotopic (exact) mass is 186 g/mol. The molecule has 0 aliphatic heterocycles. The van der Waals surface area contributed by atoms with Gasteiger partial charge >= 0.3 is 0 Å². The zero-order valence-electron chi connectivity index (χ0n) is 8.06. The van der Waals surface area contributed by atoms with Gasteiger partial charge < -0.3 is 4.57 Å². The molecule has 0 saturated heterocycles. The first-order valence-electron chi connectivity index (χ1n) is 4.06. The summed E-state index contributed by atoms with van der Waals surface area (Å²) in [5.74, 6) is 1.05. The number of imidazole rings is 1. The minimum atomic E-state index is 0.266. The zero-order valence-corrected chi connectivity index (χ0v) is 8.81. The van der Waals surface area contributed by atoms with E-state index in [0.717, 1.165) is 12.2 Å². The summed E-state index contributed by atoms with van der Waals surface area (Å²) in [6.45, 7) is 6.57. The fraction of sp³-hybridized carbons (Fsp3) is 0.667. The van der Waals surface area contributed by atoms with Crippen molar-refractivity contribution < 1.29 is 0 Å². The van der Waals surface area contributed by atoms with Crippen LogP contribution in [0.4, 0.5) is 0 Å². The van der Waals surface area contributed by atoms with E-state index in [0.29, 0.717) is 5.15 Å². The van der Waals surface area contributed by atoms with Crippen LogP contribution >= 0.6 is 11.6 Å². The number of aromatic nitrogens is 2. The highest BCUT2D eigenvalue weighted by Gasteiger charge is 2.15. The predicted molar refractivity (Wildman–Crippen MR) is 51.4 cm³/mol. The van der Waals surface area contributed by atoms with Crippen molar-refractivity contribution in [3.8, 4) is 0 Å². The molecule has 0 aliphatic rings. The number of halogens is 1. The first-order chi connectivity index (χ1) is 5.40. The molecular weight excluding hydrogens is 172 g/mol. The maximum atomic E-state index is 5.86. The molecule has 0 spiro atoms. The third-order valence-corrected chi connectivity index (χ3v) is 2.07. The molecular formula is C9H15ClN2. The maximum absolute atomic E-state index is 5.86. The van der Waals surface area contributed by atoms with E-state index in [-0.39, 0.29) is 5.41 Å². The summed E-state index contributed by atoms with van der Waals surface area (Å²) in [7, 11) is 1.94. The standard InChI is InChI=1S/C9H15ClN2/c1-9(2,3)5-8-11-6-7(10)12(8)4/h6H,5H2,1-4H3. The van der Waals surface area contributed by atoms with Gasteiger partial charge in [0.1, 0.15) is 11.0 Å². The number of rotatable bonds is 1. The molecule has 1 rings (SSSR count). The highest BCUT2D eigenvalue weighted by Crippen LogP contribution is 2.21. The second kappa shape index (κ2) is 3.09. The van der Waals surface area contributed by atoms with Gasteiger partial charge in [-0.15, -0.1) is 0 Å². The van der Waals surface area contributed by atoms with Gasteiger partial charge in [0.15, 0.2) is 0 Å². The van der Waals surface area contributed by atoms with Crippen LogP contribution in [0.2, 0.25) is 5.15 Å². The summed E-state index contributed by atoms with van der Waals surface area (Å²) in [4.78, 5) is 4.23.